The van der Waals surface area contributed by atoms with Crippen LogP contribution in [0.1, 0.15) is 42.7 Å². The molecule has 1 fully saturated rings. The molecule has 4 rings (SSSR count). The van der Waals surface area contributed by atoms with Crippen LogP contribution in [0.2, 0.25) is 0 Å². The standard InChI is InChI=1S/C24H25N3O4/c1-2-10-27-23(29)19-9-8-18(15-20(19)24(27)30)22(28)25-21(17-6-4-3-5-7-17)16-26-11-13-31-14-12-26/h2-9,15,21H,1,10-14,16H2,(H,25,28)/p+1/t21-/m1/s1. The molecule has 7 heteroatoms. The van der Waals surface area contributed by atoms with Gasteiger partial charge in [-0.05, 0) is 23.8 Å². The quantitative estimate of drug-likeness (QED) is 0.514. The number of morpholine rings is 1. The van der Waals surface area contributed by atoms with Crippen molar-refractivity contribution in [3.05, 3.63) is 83.4 Å². The Morgan fingerprint density at radius 1 is 1.10 bits per heavy atom. The fourth-order valence-electron chi connectivity index (χ4n) is 4.06. The summed E-state index contributed by atoms with van der Waals surface area (Å²) in [6, 6.07) is 14.3. The van der Waals surface area contributed by atoms with Crippen molar-refractivity contribution in [3.63, 3.8) is 0 Å². The van der Waals surface area contributed by atoms with Crippen LogP contribution in [0.25, 0.3) is 0 Å². The topological polar surface area (TPSA) is 80.2 Å². The van der Waals surface area contributed by atoms with Gasteiger partial charge in [-0.2, -0.15) is 0 Å². The van der Waals surface area contributed by atoms with E-state index in [2.05, 4.69) is 11.9 Å². The van der Waals surface area contributed by atoms with Gasteiger partial charge in [-0.25, -0.2) is 0 Å². The van der Waals surface area contributed by atoms with Crippen LogP contribution < -0.4 is 10.2 Å². The van der Waals surface area contributed by atoms with Gasteiger partial charge in [0.1, 0.15) is 25.7 Å². The summed E-state index contributed by atoms with van der Waals surface area (Å²) in [5.41, 5.74) is 1.97. The minimum atomic E-state index is -0.396. The Kier molecular flexibility index (Phi) is 6.25. The van der Waals surface area contributed by atoms with Crippen molar-refractivity contribution >= 4 is 17.7 Å². The number of quaternary nitrogens is 1. The minimum Gasteiger partial charge on any atom is -0.370 e. The molecule has 0 saturated carbocycles. The lowest BCUT2D eigenvalue weighted by molar-refractivity contribution is -0.909. The van der Waals surface area contributed by atoms with E-state index < -0.39 is 5.91 Å². The lowest BCUT2D eigenvalue weighted by atomic mass is 10.0. The molecule has 2 aromatic carbocycles. The Bertz CT molecular complexity index is 999. The van der Waals surface area contributed by atoms with Crippen molar-refractivity contribution < 1.29 is 24.0 Å². The molecule has 2 aromatic rings. The second-order valence-electron chi connectivity index (χ2n) is 7.77. The summed E-state index contributed by atoms with van der Waals surface area (Å²) in [6.07, 6.45) is 1.51. The molecular formula is C24H26N3O4+. The number of carbonyl (C=O) groups is 3. The fraction of sp³-hybridized carbons (Fsp3) is 0.292. The van der Waals surface area contributed by atoms with Crippen LogP contribution in [0.3, 0.4) is 0 Å². The molecule has 0 aromatic heterocycles. The summed E-state index contributed by atoms with van der Waals surface area (Å²) in [4.78, 5) is 40.6. The molecule has 160 valence electrons. The van der Waals surface area contributed by atoms with Crippen molar-refractivity contribution in [3.8, 4) is 0 Å². The van der Waals surface area contributed by atoms with E-state index in [1.807, 2.05) is 30.3 Å². The van der Waals surface area contributed by atoms with E-state index in [9.17, 15) is 14.4 Å². The number of nitrogens with one attached hydrogen (secondary N) is 2. The SMILES string of the molecule is C=CCN1C(=O)c2ccc(C(=O)N[C@H](C[NH+]3CCOCC3)c3ccccc3)cc2C1=O. The maximum atomic E-state index is 13.1. The summed E-state index contributed by atoms with van der Waals surface area (Å²) >= 11 is 0. The van der Waals surface area contributed by atoms with Gasteiger partial charge in [0.15, 0.2) is 0 Å². The van der Waals surface area contributed by atoms with Gasteiger partial charge in [-0.15, -0.1) is 6.58 Å². The van der Waals surface area contributed by atoms with Crippen molar-refractivity contribution in [2.75, 3.05) is 39.4 Å². The molecule has 2 heterocycles. The van der Waals surface area contributed by atoms with E-state index >= 15 is 0 Å². The number of rotatable bonds is 7. The van der Waals surface area contributed by atoms with Crippen LogP contribution in [0.5, 0.6) is 0 Å². The molecular weight excluding hydrogens is 394 g/mol. The number of carbonyl (C=O) groups excluding carboxylic acids is 3. The number of amides is 3. The molecule has 7 nitrogen and oxygen atoms in total. The number of hydrogen-bond donors (Lipinski definition) is 2. The van der Waals surface area contributed by atoms with Gasteiger partial charge in [0, 0.05) is 12.1 Å². The molecule has 0 spiro atoms. The van der Waals surface area contributed by atoms with E-state index in [1.54, 1.807) is 12.1 Å². The van der Waals surface area contributed by atoms with Crippen molar-refractivity contribution in [1.82, 2.24) is 10.2 Å². The number of nitrogens with zero attached hydrogens (tertiary/aromatic N) is 1. The first kappa shape index (κ1) is 21.0. The molecule has 2 aliphatic heterocycles. The van der Waals surface area contributed by atoms with E-state index in [-0.39, 0.29) is 30.0 Å². The molecule has 3 amide bonds. The second-order valence-corrected chi connectivity index (χ2v) is 7.77. The first-order valence-corrected chi connectivity index (χ1v) is 10.5. The van der Waals surface area contributed by atoms with Gasteiger partial charge in [0.05, 0.1) is 24.3 Å². The first-order valence-electron chi connectivity index (χ1n) is 10.5. The number of ether oxygens (including phenoxy) is 1. The molecule has 0 bridgehead atoms. The maximum Gasteiger partial charge on any atom is 0.261 e. The molecule has 1 saturated heterocycles. The maximum absolute atomic E-state index is 13.1. The fourth-order valence-corrected chi connectivity index (χ4v) is 4.06. The average Bonchev–Trinajstić information content (AvgIpc) is 3.04. The number of imide groups is 1. The zero-order valence-electron chi connectivity index (χ0n) is 17.3. The van der Waals surface area contributed by atoms with E-state index in [0.29, 0.717) is 24.3 Å². The second kappa shape index (κ2) is 9.24. The minimum absolute atomic E-state index is 0.145. The predicted molar refractivity (Wildman–Crippen MR) is 115 cm³/mol. The van der Waals surface area contributed by atoms with E-state index in [0.717, 1.165) is 30.1 Å². The molecule has 0 aliphatic carbocycles. The van der Waals surface area contributed by atoms with Gasteiger partial charge in [-0.1, -0.05) is 36.4 Å². The van der Waals surface area contributed by atoms with Gasteiger partial charge in [0.2, 0.25) is 0 Å². The number of benzene rings is 2. The first-order chi connectivity index (χ1) is 15.1. The van der Waals surface area contributed by atoms with E-state index in [4.69, 9.17) is 4.74 Å². The molecule has 31 heavy (non-hydrogen) atoms. The van der Waals surface area contributed by atoms with Gasteiger partial charge >= 0.3 is 0 Å². The third-order valence-corrected chi connectivity index (χ3v) is 5.74. The summed E-state index contributed by atoms with van der Waals surface area (Å²) in [6.45, 7) is 7.70. The highest BCUT2D eigenvalue weighted by atomic mass is 16.5. The van der Waals surface area contributed by atoms with Crippen LogP contribution >= 0.6 is 0 Å². The Morgan fingerprint density at radius 2 is 1.81 bits per heavy atom. The third-order valence-electron chi connectivity index (χ3n) is 5.74. The lowest BCUT2D eigenvalue weighted by Crippen LogP contribution is -3.14. The highest BCUT2D eigenvalue weighted by Gasteiger charge is 2.35. The normalized spacial score (nSPS) is 17.4. The van der Waals surface area contributed by atoms with Gasteiger partial charge in [-0.3, -0.25) is 19.3 Å². The summed E-state index contributed by atoms with van der Waals surface area (Å²) in [7, 11) is 0. The average molecular weight is 420 g/mol. The molecule has 0 radical (unpaired) electrons. The zero-order valence-corrected chi connectivity index (χ0v) is 17.3. The highest BCUT2D eigenvalue weighted by Crippen LogP contribution is 2.24. The van der Waals surface area contributed by atoms with Gasteiger partial charge in [0.25, 0.3) is 17.7 Å². The van der Waals surface area contributed by atoms with Gasteiger partial charge < -0.3 is 15.0 Å². The van der Waals surface area contributed by atoms with Crippen molar-refractivity contribution in [2.24, 2.45) is 0 Å². The number of hydrogen-bond acceptors (Lipinski definition) is 4. The Morgan fingerprint density at radius 3 is 2.52 bits per heavy atom. The monoisotopic (exact) mass is 420 g/mol. The van der Waals surface area contributed by atoms with Crippen LogP contribution in [0.15, 0.2) is 61.2 Å². The molecule has 1 atom stereocenters. The zero-order chi connectivity index (χ0) is 21.8. The largest absolute Gasteiger partial charge is 0.370 e. The molecule has 0 unspecified atom stereocenters. The van der Waals surface area contributed by atoms with E-state index in [1.165, 1.54) is 17.0 Å². The van der Waals surface area contributed by atoms with Crippen LogP contribution in [0.4, 0.5) is 0 Å². The highest BCUT2D eigenvalue weighted by molar-refractivity contribution is 6.22. The van der Waals surface area contributed by atoms with Crippen LogP contribution in [-0.4, -0.2) is 62.0 Å². The summed E-state index contributed by atoms with van der Waals surface area (Å²) < 4.78 is 5.45. The smallest absolute Gasteiger partial charge is 0.261 e. The van der Waals surface area contributed by atoms with Crippen LogP contribution in [0, 0.1) is 0 Å². The molecule has 2 aliphatic rings. The van der Waals surface area contributed by atoms with Crippen LogP contribution in [-0.2, 0) is 4.74 Å². The van der Waals surface area contributed by atoms with Crippen molar-refractivity contribution in [1.29, 1.82) is 0 Å². The summed E-state index contributed by atoms with van der Waals surface area (Å²) in [5, 5.41) is 3.12. The predicted octanol–water partition coefficient (Wildman–Crippen LogP) is 0.855. The molecule has 2 N–H and O–H groups in total. The lowest BCUT2D eigenvalue weighted by Gasteiger charge is -2.28. The Hall–Kier alpha value is -3.29. The summed E-state index contributed by atoms with van der Waals surface area (Å²) in [5.74, 6) is -1.02. The van der Waals surface area contributed by atoms with Crippen molar-refractivity contribution in [2.45, 2.75) is 6.04 Å². The number of fused-ring (bicyclic) bond motifs is 1. The Balaban J connectivity index is 1.54. The third kappa shape index (κ3) is 4.42. The Labute approximate surface area is 181 Å².